The van der Waals surface area contributed by atoms with Crippen LogP contribution in [0.5, 0.6) is 5.75 Å². The molecule has 11 heteroatoms. The molecule has 0 bridgehead atoms. The van der Waals surface area contributed by atoms with Gasteiger partial charge >= 0.3 is 5.97 Å². The number of nitro groups is 1. The first-order valence-electron chi connectivity index (χ1n) is 9.40. The minimum absolute atomic E-state index is 0.0599. The molecule has 1 N–H and O–H groups in total. The van der Waals surface area contributed by atoms with Crippen molar-refractivity contribution in [3.05, 3.63) is 69.1 Å². The van der Waals surface area contributed by atoms with Crippen LogP contribution < -0.4 is 9.46 Å². The number of carbonyl (C=O) groups is 1. The molecule has 0 unspecified atom stereocenters. The number of methoxy groups -OCH3 is 1. The number of anilines is 1. The van der Waals surface area contributed by atoms with Gasteiger partial charge < -0.3 is 9.47 Å². The molecule has 32 heavy (non-hydrogen) atoms. The number of aryl methyl sites for hydroxylation is 1. The number of ether oxygens (including phenoxy) is 2. The predicted molar refractivity (Wildman–Crippen MR) is 121 cm³/mol. The van der Waals surface area contributed by atoms with Crippen LogP contribution in [0.4, 0.5) is 10.7 Å². The summed E-state index contributed by atoms with van der Waals surface area (Å²) in [4.78, 5) is 23.3. The number of nitrogens with zero attached hydrogens (tertiary/aromatic N) is 1. The summed E-state index contributed by atoms with van der Waals surface area (Å²) in [6.07, 6.45) is 0. The summed E-state index contributed by atoms with van der Waals surface area (Å²) in [6, 6.07) is 11.7. The van der Waals surface area contributed by atoms with E-state index in [4.69, 9.17) is 9.47 Å². The summed E-state index contributed by atoms with van der Waals surface area (Å²) in [5, 5.41) is 11.1. The van der Waals surface area contributed by atoms with Crippen molar-refractivity contribution in [3.8, 4) is 16.9 Å². The molecule has 0 spiro atoms. The van der Waals surface area contributed by atoms with Gasteiger partial charge in [0, 0.05) is 22.6 Å². The molecular weight excluding hydrogens is 456 g/mol. The molecule has 9 nitrogen and oxygen atoms in total. The highest BCUT2D eigenvalue weighted by Gasteiger charge is 2.28. The van der Waals surface area contributed by atoms with Gasteiger partial charge in [0.05, 0.1) is 23.5 Å². The Balaban J connectivity index is 2.07. The van der Waals surface area contributed by atoms with Crippen molar-refractivity contribution in [2.45, 2.75) is 18.7 Å². The van der Waals surface area contributed by atoms with Gasteiger partial charge in [0.15, 0.2) is 0 Å². The fraction of sp³-hybridized carbons (Fsp3) is 0.190. The largest absolute Gasteiger partial charge is 0.494 e. The Kier molecular flexibility index (Phi) is 6.80. The lowest BCUT2D eigenvalue weighted by atomic mass is 10.0. The Labute approximate surface area is 188 Å². The Bertz CT molecular complexity index is 1270. The number of hydrogen-bond donors (Lipinski definition) is 1. The topological polar surface area (TPSA) is 125 Å². The lowest BCUT2D eigenvalue weighted by molar-refractivity contribution is -0.385. The average Bonchev–Trinajstić information content (AvgIpc) is 3.08. The lowest BCUT2D eigenvalue weighted by Gasteiger charge is -2.10. The summed E-state index contributed by atoms with van der Waals surface area (Å²) < 4.78 is 38.6. The van der Waals surface area contributed by atoms with Crippen LogP contribution in [0, 0.1) is 17.0 Å². The van der Waals surface area contributed by atoms with Gasteiger partial charge in [-0.1, -0.05) is 18.2 Å². The number of nitro benzene ring substituents is 1. The fourth-order valence-corrected chi connectivity index (χ4v) is 5.50. The van der Waals surface area contributed by atoms with Gasteiger partial charge in [-0.2, -0.15) is 0 Å². The summed E-state index contributed by atoms with van der Waals surface area (Å²) in [5.74, 6) is -0.0506. The van der Waals surface area contributed by atoms with Gasteiger partial charge in [-0.25, -0.2) is 13.2 Å². The highest BCUT2D eigenvalue weighted by atomic mass is 32.2. The zero-order valence-corrected chi connectivity index (χ0v) is 19.1. The quantitative estimate of drug-likeness (QED) is 0.286. The van der Waals surface area contributed by atoms with Crippen LogP contribution in [0.15, 0.2) is 53.4 Å². The number of esters is 1. The van der Waals surface area contributed by atoms with E-state index in [0.717, 1.165) is 17.4 Å². The van der Waals surface area contributed by atoms with Crippen LogP contribution in [-0.2, 0) is 14.8 Å². The molecule has 3 rings (SSSR count). The van der Waals surface area contributed by atoms with Crippen LogP contribution >= 0.6 is 11.3 Å². The zero-order valence-electron chi connectivity index (χ0n) is 17.4. The number of sulfonamides is 1. The summed E-state index contributed by atoms with van der Waals surface area (Å²) >= 11 is 1.07. The molecule has 0 aliphatic heterocycles. The average molecular weight is 477 g/mol. The first-order valence-corrected chi connectivity index (χ1v) is 11.7. The van der Waals surface area contributed by atoms with Crippen molar-refractivity contribution in [1.29, 1.82) is 0 Å². The van der Waals surface area contributed by atoms with E-state index < -0.39 is 20.9 Å². The highest BCUT2D eigenvalue weighted by molar-refractivity contribution is 7.93. The highest BCUT2D eigenvalue weighted by Crippen LogP contribution is 2.41. The monoisotopic (exact) mass is 476 g/mol. The van der Waals surface area contributed by atoms with Crippen molar-refractivity contribution in [2.24, 2.45) is 0 Å². The SMILES string of the molecule is CCOc1ccc(-c2c(C)sc(NS(=O)(=O)c3cccc([N+](=O)[O-])c3)c2C(=O)OC)cc1. The molecule has 2 aromatic carbocycles. The summed E-state index contributed by atoms with van der Waals surface area (Å²) in [7, 11) is -3.00. The molecule has 0 radical (unpaired) electrons. The molecule has 3 aromatic rings. The molecule has 0 saturated carbocycles. The molecule has 0 amide bonds. The van der Waals surface area contributed by atoms with E-state index in [1.54, 1.807) is 31.2 Å². The molecular formula is C21H20N2O7S2. The maximum Gasteiger partial charge on any atom is 0.341 e. The number of carbonyl (C=O) groups excluding carboxylic acids is 1. The van der Waals surface area contributed by atoms with Gasteiger partial charge in [-0.3, -0.25) is 14.8 Å². The van der Waals surface area contributed by atoms with E-state index >= 15 is 0 Å². The Morgan fingerprint density at radius 3 is 2.47 bits per heavy atom. The fourth-order valence-electron chi connectivity index (χ4n) is 3.09. The zero-order chi connectivity index (χ0) is 23.5. The van der Waals surface area contributed by atoms with E-state index in [9.17, 15) is 23.3 Å². The van der Waals surface area contributed by atoms with Crippen molar-refractivity contribution >= 4 is 38.0 Å². The van der Waals surface area contributed by atoms with E-state index in [-0.39, 0.29) is 21.1 Å². The number of rotatable bonds is 8. The van der Waals surface area contributed by atoms with Crippen LogP contribution in [0.25, 0.3) is 11.1 Å². The van der Waals surface area contributed by atoms with Gasteiger partial charge in [-0.15, -0.1) is 11.3 Å². The molecule has 1 heterocycles. The van der Waals surface area contributed by atoms with E-state index in [0.29, 0.717) is 28.4 Å². The first-order chi connectivity index (χ1) is 15.2. The molecule has 1 aromatic heterocycles. The normalized spacial score (nSPS) is 11.1. The molecule has 168 valence electrons. The van der Waals surface area contributed by atoms with E-state index in [1.165, 1.54) is 25.3 Å². The molecule has 0 atom stereocenters. The molecule has 0 aliphatic carbocycles. The first kappa shape index (κ1) is 23.2. The van der Waals surface area contributed by atoms with Gasteiger partial charge in [0.2, 0.25) is 0 Å². The predicted octanol–water partition coefficient (Wildman–Crippen LogP) is 4.62. The Hall–Kier alpha value is -3.44. The Morgan fingerprint density at radius 1 is 1.19 bits per heavy atom. The molecule has 0 aliphatic rings. The molecule has 0 saturated heterocycles. The van der Waals surface area contributed by atoms with Crippen molar-refractivity contribution in [1.82, 2.24) is 0 Å². The van der Waals surface area contributed by atoms with E-state index in [2.05, 4.69) is 4.72 Å². The smallest absolute Gasteiger partial charge is 0.341 e. The molecule has 0 fully saturated rings. The third-order valence-electron chi connectivity index (χ3n) is 4.49. The number of benzene rings is 2. The van der Waals surface area contributed by atoms with Gasteiger partial charge in [-0.05, 0) is 37.6 Å². The maximum absolute atomic E-state index is 12.9. The third-order valence-corrected chi connectivity index (χ3v) is 6.99. The van der Waals surface area contributed by atoms with E-state index in [1.807, 2.05) is 6.92 Å². The van der Waals surface area contributed by atoms with Crippen LogP contribution in [0.3, 0.4) is 0 Å². The standard InChI is InChI=1S/C21H20N2O7S2/c1-4-30-16-10-8-14(9-11-16)18-13(2)31-20(19(18)21(24)29-3)22-32(27,28)17-7-5-6-15(12-17)23(25)26/h5-12,22H,4H2,1-3H3. The van der Waals surface area contributed by atoms with Crippen molar-refractivity contribution in [3.63, 3.8) is 0 Å². The Morgan fingerprint density at radius 2 is 1.88 bits per heavy atom. The van der Waals surface area contributed by atoms with Crippen LogP contribution in [-0.4, -0.2) is 33.0 Å². The summed E-state index contributed by atoms with van der Waals surface area (Å²) in [6.45, 7) is 4.13. The van der Waals surface area contributed by atoms with Gasteiger partial charge in [0.25, 0.3) is 15.7 Å². The number of hydrogen-bond acceptors (Lipinski definition) is 8. The van der Waals surface area contributed by atoms with Crippen LogP contribution in [0.1, 0.15) is 22.2 Å². The number of non-ortho nitro benzene ring substituents is 1. The number of thiophene rings is 1. The summed E-state index contributed by atoms with van der Waals surface area (Å²) in [5.41, 5.74) is 0.914. The van der Waals surface area contributed by atoms with Crippen molar-refractivity contribution in [2.75, 3.05) is 18.4 Å². The number of nitrogens with one attached hydrogen (secondary N) is 1. The second-order valence-electron chi connectivity index (χ2n) is 6.55. The third kappa shape index (κ3) is 4.73. The van der Waals surface area contributed by atoms with Crippen molar-refractivity contribution < 1.29 is 27.6 Å². The minimum Gasteiger partial charge on any atom is -0.494 e. The second kappa shape index (κ2) is 9.37. The second-order valence-corrected chi connectivity index (χ2v) is 9.45. The maximum atomic E-state index is 12.9. The lowest BCUT2D eigenvalue weighted by Crippen LogP contribution is -2.15. The van der Waals surface area contributed by atoms with Gasteiger partial charge in [0.1, 0.15) is 16.3 Å². The minimum atomic E-state index is -4.21. The van der Waals surface area contributed by atoms with Crippen LogP contribution in [0.2, 0.25) is 0 Å².